The van der Waals surface area contributed by atoms with Crippen molar-refractivity contribution in [2.75, 3.05) is 11.9 Å². The van der Waals surface area contributed by atoms with E-state index in [-0.39, 0.29) is 28.7 Å². The Morgan fingerprint density at radius 1 is 1.00 bits per heavy atom. The standard InChI is InChI=1S/C30H31F4N3O/c1-4-21-16-20(14-15-35-29-27-24(31)11-12-25(32)28(27)36-18-37-29)8-13-26(21)38-23-10-7-19(3)6-9-22(17-23)30(33,34)5-2/h6,8-9,11-13,16-18H,4-5,7,10,14-15H2,1-3H3,(H,35,36,37). The average Bonchev–Trinajstić information content (AvgIpc) is 2.90. The average molecular weight is 526 g/mol. The van der Waals surface area contributed by atoms with Crippen LogP contribution >= 0.6 is 0 Å². The van der Waals surface area contributed by atoms with Crippen molar-refractivity contribution in [1.82, 2.24) is 9.97 Å². The molecule has 200 valence electrons. The van der Waals surface area contributed by atoms with Crippen molar-refractivity contribution >= 4 is 16.7 Å². The molecule has 0 unspecified atom stereocenters. The van der Waals surface area contributed by atoms with Gasteiger partial charge < -0.3 is 10.1 Å². The summed E-state index contributed by atoms with van der Waals surface area (Å²) in [5.74, 6) is -2.76. The molecule has 3 aromatic rings. The summed E-state index contributed by atoms with van der Waals surface area (Å²) in [5, 5.41) is 3.10. The van der Waals surface area contributed by atoms with Crippen molar-refractivity contribution in [2.24, 2.45) is 0 Å². The number of ether oxygens (including phenoxy) is 1. The van der Waals surface area contributed by atoms with E-state index in [2.05, 4.69) is 15.3 Å². The molecule has 0 fully saturated rings. The highest BCUT2D eigenvalue weighted by molar-refractivity contribution is 5.89. The van der Waals surface area contributed by atoms with Crippen molar-refractivity contribution in [3.8, 4) is 5.75 Å². The van der Waals surface area contributed by atoms with Crippen LogP contribution in [0, 0.1) is 11.6 Å². The third kappa shape index (κ3) is 6.23. The van der Waals surface area contributed by atoms with Gasteiger partial charge in [-0.15, -0.1) is 0 Å². The van der Waals surface area contributed by atoms with Gasteiger partial charge in [0.15, 0.2) is 0 Å². The van der Waals surface area contributed by atoms with Gasteiger partial charge in [0.2, 0.25) is 0 Å². The largest absolute Gasteiger partial charge is 0.461 e. The molecule has 0 atom stereocenters. The molecule has 4 rings (SSSR count). The Morgan fingerprint density at radius 3 is 2.55 bits per heavy atom. The van der Waals surface area contributed by atoms with Gasteiger partial charge in [0, 0.05) is 25.0 Å². The quantitative estimate of drug-likeness (QED) is 0.287. The van der Waals surface area contributed by atoms with E-state index >= 15 is 0 Å². The number of hydrogen-bond acceptors (Lipinski definition) is 4. The summed E-state index contributed by atoms with van der Waals surface area (Å²) in [4.78, 5) is 7.94. The zero-order valence-electron chi connectivity index (χ0n) is 21.8. The molecule has 38 heavy (non-hydrogen) atoms. The molecule has 1 heterocycles. The van der Waals surface area contributed by atoms with Crippen LogP contribution in [0.1, 0.15) is 51.2 Å². The van der Waals surface area contributed by atoms with E-state index in [4.69, 9.17) is 4.74 Å². The van der Waals surface area contributed by atoms with E-state index in [1.54, 1.807) is 6.08 Å². The summed E-state index contributed by atoms with van der Waals surface area (Å²) in [5.41, 5.74) is 2.85. The van der Waals surface area contributed by atoms with Crippen LogP contribution in [-0.4, -0.2) is 22.4 Å². The first-order valence-corrected chi connectivity index (χ1v) is 12.8. The van der Waals surface area contributed by atoms with Gasteiger partial charge in [-0.3, -0.25) is 0 Å². The van der Waals surface area contributed by atoms with Gasteiger partial charge in [-0.1, -0.05) is 43.7 Å². The van der Waals surface area contributed by atoms with Gasteiger partial charge in [0.25, 0.3) is 5.92 Å². The molecule has 1 aliphatic carbocycles. The zero-order valence-corrected chi connectivity index (χ0v) is 21.8. The Morgan fingerprint density at radius 2 is 1.79 bits per heavy atom. The highest BCUT2D eigenvalue weighted by Crippen LogP contribution is 2.33. The number of alkyl halides is 2. The fraction of sp³-hybridized carbons (Fsp3) is 0.333. The lowest BCUT2D eigenvalue weighted by Crippen LogP contribution is -2.18. The molecular formula is C30H31F4N3O. The molecule has 0 bridgehead atoms. The molecule has 2 aromatic carbocycles. The van der Waals surface area contributed by atoms with Gasteiger partial charge in [-0.25, -0.2) is 27.5 Å². The maximum absolute atomic E-state index is 14.5. The van der Waals surface area contributed by atoms with Crippen LogP contribution in [0.2, 0.25) is 0 Å². The highest BCUT2D eigenvalue weighted by Gasteiger charge is 2.31. The molecule has 1 N–H and O–H groups in total. The SMILES string of the molecule is CCc1cc(CCNc2ncnc3c(F)ccc(F)c23)ccc1OC1=CC(C(F)(F)CC)=CC=C(C)CC1. The number of rotatable bonds is 9. The lowest BCUT2D eigenvalue weighted by molar-refractivity contribution is 0.0410. The molecule has 0 spiro atoms. The molecule has 0 saturated heterocycles. The number of hydrogen-bond donors (Lipinski definition) is 1. The summed E-state index contributed by atoms with van der Waals surface area (Å²) in [6.07, 6.45) is 8.16. The minimum absolute atomic E-state index is 0.0186. The predicted molar refractivity (Wildman–Crippen MR) is 142 cm³/mol. The van der Waals surface area contributed by atoms with Gasteiger partial charge in [0.1, 0.15) is 40.8 Å². The highest BCUT2D eigenvalue weighted by atomic mass is 19.3. The topological polar surface area (TPSA) is 47.0 Å². The van der Waals surface area contributed by atoms with E-state index in [0.29, 0.717) is 37.3 Å². The maximum atomic E-state index is 14.5. The molecule has 4 nitrogen and oxygen atoms in total. The summed E-state index contributed by atoms with van der Waals surface area (Å²) >= 11 is 0. The molecule has 0 saturated carbocycles. The number of benzene rings is 2. The predicted octanol–water partition coefficient (Wildman–Crippen LogP) is 8.10. The summed E-state index contributed by atoms with van der Waals surface area (Å²) in [7, 11) is 0. The number of fused-ring (bicyclic) bond motifs is 1. The third-order valence-electron chi connectivity index (χ3n) is 6.64. The van der Waals surface area contributed by atoms with E-state index in [9.17, 15) is 17.6 Å². The van der Waals surface area contributed by atoms with E-state index in [0.717, 1.165) is 35.3 Å². The molecule has 0 aliphatic heterocycles. The lowest BCUT2D eigenvalue weighted by atomic mass is 9.99. The van der Waals surface area contributed by atoms with Gasteiger partial charge in [-0.05, 0) is 61.6 Å². The second-order valence-corrected chi connectivity index (χ2v) is 9.35. The van der Waals surface area contributed by atoms with E-state index in [1.807, 2.05) is 32.0 Å². The van der Waals surface area contributed by atoms with Gasteiger partial charge >= 0.3 is 0 Å². The number of halogens is 4. The Kier molecular flexibility index (Phi) is 8.49. The third-order valence-corrected chi connectivity index (χ3v) is 6.64. The summed E-state index contributed by atoms with van der Waals surface area (Å²) in [6.45, 7) is 5.83. The Labute approximate surface area is 220 Å². The molecule has 0 radical (unpaired) electrons. The number of nitrogens with one attached hydrogen (secondary N) is 1. The van der Waals surface area contributed by atoms with Gasteiger partial charge in [0.05, 0.1) is 5.39 Å². The first-order valence-electron chi connectivity index (χ1n) is 12.8. The van der Waals surface area contributed by atoms with Crippen molar-refractivity contribution < 1.29 is 22.3 Å². The van der Waals surface area contributed by atoms with Crippen LogP contribution in [0.3, 0.4) is 0 Å². The lowest BCUT2D eigenvalue weighted by Gasteiger charge is -2.20. The minimum atomic E-state index is -2.93. The molecule has 8 heteroatoms. The fourth-order valence-electron chi connectivity index (χ4n) is 4.31. The second kappa shape index (κ2) is 11.8. The number of anilines is 1. The summed E-state index contributed by atoms with van der Waals surface area (Å²) < 4.78 is 63.6. The molecule has 1 aromatic heterocycles. The van der Waals surface area contributed by atoms with Crippen LogP contribution in [0.4, 0.5) is 23.4 Å². The fourth-order valence-corrected chi connectivity index (χ4v) is 4.31. The van der Waals surface area contributed by atoms with Crippen LogP contribution in [0.25, 0.3) is 10.9 Å². The van der Waals surface area contributed by atoms with Crippen molar-refractivity contribution in [3.05, 3.63) is 94.6 Å². The van der Waals surface area contributed by atoms with E-state index in [1.165, 1.54) is 25.4 Å². The molecular weight excluding hydrogens is 494 g/mol. The van der Waals surface area contributed by atoms with Crippen molar-refractivity contribution in [2.45, 2.75) is 58.8 Å². The van der Waals surface area contributed by atoms with Crippen molar-refractivity contribution in [1.29, 1.82) is 0 Å². The Bertz CT molecular complexity index is 1410. The normalized spacial score (nSPS) is 14.3. The maximum Gasteiger partial charge on any atom is 0.273 e. The summed E-state index contributed by atoms with van der Waals surface area (Å²) in [6, 6.07) is 7.89. The van der Waals surface area contributed by atoms with Crippen LogP contribution < -0.4 is 10.1 Å². The smallest absolute Gasteiger partial charge is 0.273 e. The number of aromatic nitrogens is 2. The number of allylic oxidation sites excluding steroid dienone is 6. The minimum Gasteiger partial charge on any atom is -0.461 e. The Balaban J connectivity index is 1.49. The van der Waals surface area contributed by atoms with E-state index < -0.39 is 17.6 Å². The van der Waals surface area contributed by atoms with Gasteiger partial charge in [-0.2, -0.15) is 0 Å². The number of nitrogens with zero attached hydrogens (tertiary/aromatic N) is 2. The first-order chi connectivity index (χ1) is 18.2. The number of aryl methyl sites for hydroxylation is 1. The van der Waals surface area contributed by atoms with Crippen molar-refractivity contribution in [3.63, 3.8) is 0 Å². The Hall–Kier alpha value is -3.68. The first kappa shape index (κ1) is 27.4. The van der Waals surface area contributed by atoms with Crippen LogP contribution in [0.15, 0.2) is 71.8 Å². The van der Waals surface area contributed by atoms with Crippen LogP contribution in [-0.2, 0) is 12.8 Å². The second-order valence-electron chi connectivity index (χ2n) is 9.35. The monoisotopic (exact) mass is 525 g/mol. The molecule has 0 amide bonds. The zero-order chi connectivity index (χ0) is 27.3. The van der Waals surface area contributed by atoms with Crippen LogP contribution in [0.5, 0.6) is 5.75 Å². The molecule has 1 aliphatic rings.